The van der Waals surface area contributed by atoms with Crippen LogP contribution in [0.25, 0.3) is 0 Å². The fraction of sp³-hybridized carbons (Fsp3) is 0. The number of thiol groups is 2. The zero-order valence-corrected chi connectivity index (χ0v) is 10.8. The zero-order chi connectivity index (χ0) is 12.1. The minimum Gasteiger partial charge on any atom is -0.528 e. The standard InChI is InChI=1S/C12H11BO2S2/c16-11-5-1-3-9(7-11)14-13-15-10-4-2-6-12(17)8-10/h1-8,13,16-17H. The highest BCUT2D eigenvalue weighted by Gasteiger charge is 2.00. The predicted molar refractivity (Wildman–Crippen MR) is 75.8 cm³/mol. The summed E-state index contributed by atoms with van der Waals surface area (Å²) in [6.07, 6.45) is 0. The highest BCUT2D eigenvalue weighted by Crippen LogP contribution is 2.17. The fourth-order valence-corrected chi connectivity index (χ4v) is 1.74. The molecule has 0 heterocycles. The molecule has 0 unspecified atom stereocenters. The second-order valence-electron chi connectivity index (χ2n) is 3.40. The van der Waals surface area contributed by atoms with Crippen LogP contribution in [0, 0.1) is 0 Å². The van der Waals surface area contributed by atoms with Gasteiger partial charge in [0.15, 0.2) is 0 Å². The van der Waals surface area contributed by atoms with Crippen molar-refractivity contribution in [2.75, 3.05) is 0 Å². The Bertz CT molecular complexity index is 460. The number of hydrogen-bond acceptors (Lipinski definition) is 4. The van der Waals surface area contributed by atoms with Crippen LogP contribution in [0.4, 0.5) is 0 Å². The van der Waals surface area contributed by atoms with E-state index in [9.17, 15) is 0 Å². The van der Waals surface area contributed by atoms with Gasteiger partial charge in [0.1, 0.15) is 11.5 Å². The van der Waals surface area contributed by atoms with Crippen LogP contribution in [0.15, 0.2) is 58.3 Å². The minimum atomic E-state index is 0.161. The Morgan fingerprint density at radius 3 is 1.65 bits per heavy atom. The first kappa shape index (κ1) is 12.3. The Hall–Kier alpha value is -1.20. The first-order chi connectivity index (χ1) is 8.24. The number of rotatable bonds is 4. The van der Waals surface area contributed by atoms with E-state index in [0.29, 0.717) is 0 Å². The largest absolute Gasteiger partial charge is 0.576 e. The van der Waals surface area contributed by atoms with Crippen LogP contribution in [0.3, 0.4) is 0 Å². The molecule has 0 aliphatic heterocycles. The summed E-state index contributed by atoms with van der Waals surface area (Å²) in [6.45, 7) is 0. The van der Waals surface area contributed by atoms with Gasteiger partial charge in [0, 0.05) is 9.79 Å². The molecule has 0 saturated carbocycles. The average molecular weight is 262 g/mol. The number of benzene rings is 2. The molecule has 0 bridgehead atoms. The molecule has 0 aliphatic carbocycles. The quantitative estimate of drug-likeness (QED) is 0.652. The van der Waals surface area contributed by atoms with Crippen LogP contribution in [0.2, 0.25) is 0 Å². The first-order valence-corrected chi connectivity index (χ1v) is 5.97. The number of hydrogen-bond donors (Lipinski definition) is 2. The lowest BCUT2D eigenvalue weighted by atomic mass is 10.3. The van der Waals surface area contributed by atoms with Gasteiger partial charge in [0.25, 0.3) is 0 Å². The summed E-state index contributed by atoms with van der Waals surface area (Å²) < 4.78 is 10.9. The lowest BCUT2D eigenvalue weighted by Gasteiger charge is -2.07. The Balaban J connectivity index is 1.87. The van der Waals surface area contributed by atoms with Gasteiger partial charge in [0.05, 0.1) is 0 Å². The molecule has 0 atom stereocenters. The second-order valence-corrected chi connectivity index (χ2v) is 4.43. The van der Waals surface area contributed by atoms with Crippen molar-refractivity contribution < 1.29 is 9.31 Å². The molecule has 0 radical (unpaired) electrons. The summed E-state index contributed by atoms with van der Waals surface area (Å²) in [6, 6.07) is 14.9. The molecule has 17 heavy (non-hydrogen) atoms. The highest BCUT2D eigenvalue weighted by atomic mass is 32.1. The summed E-state index contributed by atoms with van der Waals surface area (Å²) in [7, 11) is 0.161. The van der Waals surface area contributed by atoms with Crippen molar-refractivity contribution >= 4 is 32.9 Å². The maximum absolute atomic E-state index is 5.43. The molecule has 0 fully saturated rings. The van der Waals surface area contributed by atoms with Gasteiger partial charge in [-0.3, -0.25) is 0 Å². The van der Waals surface area contributed by atoms with Crippen LogP contribution in [-0.2, 0) is 0 Å². The Morgan fingerprint density at radius 2 is 1.24 bits per heavy atom. The second kappa shape index (κ2) is 5.93. The van der Waals surface area contributed by atoms with Crippen molar-refractivity contribution in [1.82, 2.24) is 0 Å². The Kier molecular flexibility index (Phi) is 4.28. The van der Waals surface area contributed by atoms with E-state index in [1.807, 2.05) is 48.5 Å². The van der Waals surface area contributed by atoms with Crippen molar-refractivity contribution in [3.63, 3.8) is 0 Å². The monoisotopic (exact) mass is 262 g/mol. The molecular formula is C12H11BO2S2. The van der Waals surface area contributed by atoms with E-state index < -0.39 is 0 Å². The van der Waals surface area contributed by atoms with E-state index in [4.69, 9.17) is 9.31 Å². The van der Waals surface area contributed by atoms with E-state index in [0.717, 1.165) is 21.3 Å². The van der Waals surface area contributed by atoms with E-state index in [2.05, 4.69) is 25.3 Å². The topological polar surface area (TPSA) is 18.5 Å². The van der Waals surface area contributed by atoms with Crippen molar-refractivity contribution in [3.05, 3.63) is 48.5 Å². The molecule has 0 saturated heterocycles. The van der Waals surface area contributed by atoms with Gasteiger partial charge >= 0.3 is 7.69 Å². The zero-order valence-electron chi connectivity index (χ0n) is 9.04. The maximum atomic E-state index is 5.43. The van der Waals surface area contributed by atoms with Crippen molar-refractivity contribution in [1.29, 1.82) is 0 Å². The summed E-state index contributed by atoms with van der Waals surface area (Å²) in [5.41, 5.74) is 0. The predicted octanol–water partition coefficient (Wildman–Crippen LogP) is 2.99. The SMILES string of the molecule is Sc1cccc(OBOc2cccc(S)c2)c1. The third-order valence-corrected chi connectivity index (χ3v) is 2.64. The molecule has 2 aromatic rings. The third-order valence-electron chi connectivity index (χ3n) is 2.09. The molecule has 0 N–H and O–H groups in total. The molecule has 0 amide bonds. The molecule has 0 aliphatic rings. The van der Waals surface area contributed by atoms with Crippen molar-refractivity contribution in [2.24, 2.45) is 0 Å². The lowest BCUT2D eigenvalue weighted by molar-refractivity contribution is 0.457. The fourth-order valence-electron chi connectivity index (χ4n) is 1.31. The Labute approximate surface area is 112 Å². The molecule has 2 aromatic carbocycles. The molecular weight excluding hydrogens is 251 g/mol. The van der Waals surface area contributed by atoms with Gasteiger partial charge in [-0.15, -0.1) is 25.3 Å². The molecule has 5 heteroatoms. The molecule has 2 nitrogen and oxygen atoms in total. The summed E-state index contributed by atoms with van der Waals surface area (Å²) >= 11 is 8.46. The van der Waals surface area contributed by atoms with Crippen LogP contribution < -0.4 is 9.31 Å². The summed E-state index contributed by atoms with van der Waals surface area (Å²) in [5.74, 6) is 1.47. The van der Waals surface area contributed by atoms with Crippen LogP contribution in [-0.4, -0.2) is 7.69 Å². The molecule has 2 rings (SSSR count). The first-order valence-electron chi connectivity index (χ1n) is 5.08. The average Bonchev–Trinajstić information content (AvgIpc) is 2.29. The van der Waals surface area contributed by atoms with Crippen LogP contribution >= 0.6 is 25.3 Å². The van der Waals surface area contributed by atoms with E-state index in [1.54, 1.807) is 0 Å². The van der Waals surface area contributed by atoms with Gasteiger partial charge in [-0.25, -0.2) is 0 Å². The molecule has 86 valence electrons. The van der Waals surface area contributed by atoms with Crippen LogP contribution in [0.5, 0.6) is 11.5 Å². The van der Waals surface area contributed by atoms with Gasteiger partial charge in [-0.1, -0.05) is 12.1 Å². The van der Waals surface area contributed by atoms with Gasteiger partial charge < -0.3 is 9.31 Å². The lowest BCUT2D eigenvalue weighted by Crippen LogP contribution is -2.10. The van der Waals surface area contributed by atoms with Crippen molar-refractivity contribution in [2.45, 2.75) is 9.79 Å². The maximum Gasteiger partial charge on any atom is 0.576 e. The Morgan fingerprint density at radius 1 is 0.765 bits per heavy atom. The molecule has 0 aromatic heterocycles. The minimum absolute atomic E-state index is 0.161. The van der Waals surface area contributed by atoms with Gasteiger partial charge in [0.2, 0.25) is 0 Å². The summed E-state index contributed by atoms with van der Waals surface area (Å²) in [4.78, 5) is 1.72. The van der Waals surface area contributed by atoms with E-state index >= 15 is 0 Å². The van der Waals surface area contributed by atoms with E-state index in [-0.39, 0.29) is 7.69 Å². The normalized spacial score (nSPS) is 9.76. The molecule has 0 spiro atoms. The third kappa shape index (κ3) is 3.95. The highest BCUT2D eigenvalue weighted by molar-refractivity contribution is 7.80. The van der Waals surface area contributed by atoms with Crippen LogP contribution in [0.1, 0.15) is 0 Å². The van der Waals surface area contributed by atoms with Gasteiger partial charge in [-0.2, -0.15) is 0 Å². The van der Waals surface area contributed by atoms with E-state index in [1.165, 1.54) is 0 Å². The van der Waals surface area contributed by atoms with Crippen molar-refractivity contribution in [3.8, 4) is 11.5 Å². The smallest absolute Gasteiger partial charge is 0.528 e. The van der Waals surface area contributed by atoms with Gasteiger partial charge in [-0.05, 0) is 36.4 Å². The summed E-state index contributed by atoms with van der Waals surface area (Å²) in [5, 5.41) is 0.